The Morgan fingerprint density at radius 1 is 1.33 bits per heavy atom. The predicted octanol–water partition coefficient (Wildman–Crippen LogP) is 5.21. The van der Waals surface area contributed by atoms with E-state index in [0.717, 1.165) is 41.9 Å². The second-order valence-corrected chi connectivity index (χ2v) is 8.32. The predicted molar refractivity (Wildman–Crippen MR) is 102 cm³/mol. The van der Waals surface area contributed by atoms with Gasteiger partial charge in [-0.2, -0.15) is 0 Å². The molecule has 0 saturated carbocycles. The Bertz CT molecular complexity index is 913. The van der Waals surface area contributed by atoms with Crippen LogP contribution in [0.15, 0.2) is 47.6 Å². The number of nitrogens with zero attached hydrogens (tertiary/aromatic N) is 2. The van der Waals surface area contributed by atoms with Gasteiger partial charge in [-0.15, -0.1) is 11.6 Å². The third-order valence-corrected chi connectivity index (χ3v) is 5.86. The number of alkyl halides is 1. The molecular formula is C19H18ClN3S. The van der Waals surface area contributed by atoms with E-state index in [4.69, 9.17) is 11.6 Å². The van der Waals surface area contributed by atoms with Gasteiger partial charge in [-0.25, -0.2) is 4.98 Å². The molecule has 0 aliphatic heterocycles. The number of rotatable bonds is 4. The summed E-state index contributed by atoms with van der Waals surface area (Å²) in [5.41, 5.74) is 2.16. The van der Waals surface area contributed by atoms with Crippen LogP contribution in [-0.2, 0) is 12.8 Å². The van der Waals surface area contributed by atoms with Gasteiger partial charge >= 0.3 is 0 Å². The standard InChI is InChI=1S/C19H18ClN3S/c1-2-4-18-22-15-7-9-19(20,11-16(15)23-18)24-17-6-3-5-13-12-21-10-8-14(13)17/h3,5-10,12H,2,4,11H2,1H3,(H,22,23). The molecule has 24 heavy (non-hydrogen) atoms. The largest absolute Gasteiger partial charge is 0.345 e. The number of fused-ring (bicyclic) bond motifs is 2. The molecule has 1 N–H and O–H groups in total. The van der Waals surface area contributed by atoms with Crippen molar-refractivity contribution in [3.63, 3.8) is 0 Å². The zero-order valence-electron chi connectivity index (χ0n) is 13.4. The Morgan fingerprint density at radius 2 is 2.25 bits per heavy atom. The molecule has 1 aliphatic carbocycles. The van der Waals surface area contributed by atoms with Crippen LogP contribution in [0.4, 0.5) is 0 Å². The number of thioether (sulfide) groups is 1. The van der Waals surface area contributed by atoms with E-state index in [1.54, 1.807) is 11.8 Å². The van der Waals surface area contributed by atoms with Crippen LogP contribution in [0.3, 0.4) is 0 Å². The Morgan fingerprint density at radius 3 is 3.12 bits per heavy atom. The van der Waals surface area contributed by atoms with Gasteiger partial charge in [-0.3, -0.25) is 4.98 Å². The number of imidazole rings is 1. The summed E-state index contributed by atoms with van der Waals surface area (Å²) in [5.74, 6) is 1.05. The van der Waals surface area contributed by atoms with Gasteiger partial charge in [0, 0.05) is 41.2 Å². The van der Waals surface area contributed by atoms with Crippen LogP contribution in [0.2, 0.25) is 0 Å². The maximum absolute atomic E-state index is 6.94. The van der Waals surface area contributed by atoms with Crippen molar-refractivity contribution >= 4 is 40.2 Å². The van der Waals surface area contributed by atoms with Gasteiger partial charge in [0.25, 0.3) is 0 Å². The fourth-order valence-corrected chi connectivity index (χ4v) is 4.65. The van der Waals surface area contributed by atoms with E-state index >= 15 is 0 Å². The normalized spacial score (nSPS) is 19.6. The summed E-state index contributed by atoms with van der Waals surface area (Å²) < 4.78 is -0.499. The second kappa shape index (κ2) is 6.26. The van der Waals surface area contributed by atoms with E-state index in [0.29, 0.717) is 0 Å². The van der Waals surface area contributed by atoms with Gasteiger partial charge in [0.05, 0.1) is 5.69 Å². The van der Waals surface area contributed by atoms with Gasteiger partial charge in [-0.05, 0) is 30.0 Å². The minimum Gasteiger partial charge on any atom is -0.345 e. The molecule has 3 nitrogen and oxygen atoms in total. The van der Waals surface area contributed by atoms with Crippen molar-refractivity contribution in [3.05, 3.63) is 59.9 Å². The van der Waals surface area contributed by atoms with E-state index in [2.05, 4.69) is 46.2 Å². The van der Waals surface area contributed by atoms with Crippen LogP contribution in [0.1, 0.15) is 30.6 Å². The summed E-state index contributed by atoms with van der Waals surface area (Å²) in [4.78, 5) is 13.5. The number of benzene rings is 1. The van der Waals surface area contributed by atoms with Gasteiger partial charge in [0.15, 0.2) is 0 Å². The van der Waals surface area contributed by atoms with Gasteiger partial charge in [0.1, 0.15) is 10.0 Å². The highest BCUT2D eigenvalue weighted by Crippen LogP contribution is 2.45. The molecule has 1 aliphatic rings. The molecule has 0 spiro atoms. The zero-order chi connectivity index (χ0) is 16.6. The molecule has 0 fully saturated rings. The summed E-state index contributed by atoms with van der Waals surface area (Å²) in [7, 11) is 0. The molecule has 1 aromatic carbocycles. The smallest absolute Gasteiger partial charge is 0.118 e. The van der Waals surface area contributed by atoms with Crippen molar-refractivity contribution in [2.75, 3.05) is 0 Å². The first-order valence-corrected chi connectivity index (χ1v) is 9.34. The Labute approximate surface area is 150 Å². The van der Waals surface area contributed by atoms with Crippen LogP contribution < -0.4 is 0 Å². The van der Waals surface area contributed by atoms with Crippen LogP contribution in [0, 0.1) is 0 Å². The summed E-state index contributed by atoms with van der Waals surface area (Å²) >= 11 is 8.62. The SMILES string of the molecule is CCCc1nc2c([nH]1)CC(Cl)(Sc1cccc3cnccc13)C=C2. The van der Waals surface area contributed by atoms with Gasteiger partial charge in [-0.1, -0.05) is 36.9 Å². The lowest BCUT2D eigenvalue weighted by Gasteiger charge is -2.25. The molecule has 0 amide bonds. The molecule has 122 valence electrons. The van der Waals surface area contributed by atoms with Crippen LogP contribution in [-0.4, -0.2) is 19.2 Å². The van der Waals surface area contributed by atoms with Crippen molar-refractivity contribution in [1.29, 1.82) is 0 Å². The number of aromatic amines is 1. The molecule has 0 bridgehead atoms. The third-order valence-electron chi connectivity index (χ3n) is 4.17. The fraction of sp³-hybridized carbons (Fsp3) is 0.263. The average molecular weight is 356 g/mol. The highest BCUT2D eigenvalue weighted by atomic mass is 35.5. The highest BCUT2D eigenvalue weighted by Gasteiger charge is 2.32. The minimum atomic E-state index is -0.499. The topological polar surface area (TPSA) is 41.6 Å². The molecule has 1 atom stereocenters. The van der Waals surface area contributed by atoms with E-state index in [1.807, 2.05) is 24.5 Å². The molecule has 2 heterocycles. The quantitative estimate of drug-likeness (QED) is 0.653. The molecular weight excluding hydrogens is 338 g/mol. The lowest BCUT2D eigenvalue weighted by atomic mass is 10.1. The highest BCUT2D eigenvalue weighted by molar-refractivity contribution is 8.02. The number of halogens is 1. The number of nitrogens with one attached hydrogen (secondary N) is 1. The van der Waals surface area contributed by atoms with Crippen LogP contribution in [0.25, 0.3) is 16.8 Å². The molecule has 4 rings (SSSR count). The second-order valence-electron chi connectivity index (χ2n) is 6.05. The number of hydrogen-bond acceptors (Lipinski definition) is 3. The third kappa shape index (κ3) is 2.96. The Kier molecular flexibility index (Phi) is 4.10. The first-order valence-electron chi connectivity index (χ1n) is 8.14. The van der Waals surface area contributed by atoms with Crippen molar-refractivity contribution < 1.29 is 0 Å². The lowest BCUT2D eigenvalue weighted by Crippen LogP contribution is -2.20. The molecule has 0 saturated heterocycles. The van der Waals surface area contributed by atoms with Crippen molar-refractivity contribution in [3.8, 4) is 0 Å². The van der Waals surface area contributed by atoms with Crippen molar-refractivity contribution in [2.45, 2.75) is 35.3 Å². The van der Waals surface area contributed by atoms with Crippen molar-refractivity contribution in [1.82, 2.24) is 15.0 Å². The summed E-state index contributed by atoms with van der Waals surface area (Å²) in [6.07, 6.45) is 10.6. The van der Waals surface area contributed by atoms with E-state index in [9.17, 15) is 0 Å². The van der Waals surface area contributed by atoms with Crippen molar-refractivity contribution in [2.24, 2.45) is 0 Å². The zero-order valence-corrected chi connectivity index (χ0v) is 15.0. The maximum Gasteiger partial charge on any atom is 0.118 e. The monoisotopic (exact) mass is 355 g/mol. The summed E-state index contributed by atoms with van der Waals surface area (Å²) in [6, 6.07) is 8.30. The average Bonchev–Trinajstić information content (AvgIpc) is 2.96. The number of aryl methyl sites for hydroxylation is 1. The number of hydrogen-bond donors (Lipinski definition) is 1. The maximum atomic E-state index is 6.94. The van der Waals surface area contributed by atoms with Gasteiger partial charge < -0.3 is 4.98 Å². The Balaban J connectivity index is 1.64. The summed E-state index contributed by atoms with van der Waals surface area (Å²) in [5, 5.41) is 2.32. The Hall–Kier alpha value is -1.78. The van der Waals surface area contributed by atoms with E-state index in [-0.39, 0.29) is 0 Å². The number of H-pyrrole nitrogens is 1. The molecule has 0 radical (unpaired) electrons. The molecule has 1 unspecified atom stereocenters. The van der Waals surface area contributed by atoms with Gasteiger partial charge in [0.2, 0.25) is 0 Å². The first-order chi connectivity index (χ1) is 11.7. The minimum absolute atomic E-state index is 0.499. The number of aromatic nitrogens is 3. The summed E-state index contributed by atoms with van der Waals surface area (Å²) in [6.45, 7) is 2.16. The fourth-order valence-electron chi connectivity index (χ4n) is 3.04. The van der Waals surface area contributed by atoms with Crippen LogP contribution >= 0.6 is 23.4 Å². The molecule has 3 aromatic rings. The molecule has 5 heteroatoms. The van der Waals surface area contributed by atoms with E-state index < -0.39 is 4.21 Å². The molecule has 2 aromatic heterocycles. The van der Waals surface area contributed by atoms with E-state index in [1.165, 1.54) is 10.3 Å². The first kappa shape index (κ1) is 15.7. The number of pyridine rings is 1. The lowest BCUT2D eigenvalue weighted by molar-refractivity contribution is 0.841. The van der Waals surface area contributed by atoms with Crippen LogP contribution in [0.5, 0.6) is 0 Å².